The summed E-state index contributed by atoms with van der Waals surface area (Å²) in [5.41, 5.74) is 0.671. The third-order valence-corrected chi connectivity index (χ3v) is 2.92. The summed E-state index contributed by atoms with van der Waals surface area (Å²) >= 11 is 0. The Morgan fingerprint density at radius 2 is 1.67 bits per heavy atom. The number of nitrogens with one attached hydrogen (secondary N) is 1. The van der Waals surface area contributed by atoms with E-state index in [2.05, 4.69) is 5.32 Å². The second kappa shape index (κ2) is 6.67. The SMILES string of the molecule is COc1ccccc1NC(=O)C(O)C(=O)c1ccccc1. The summed E-state index contributed by atoms with van der Waals surface area (Å²) in [7, 11) is 1.47. The largest absolute Gasteiger partial charge is 0.495 e. The number of carbonyl (C=O) groups is 2. The lowest BCUT2D eigenvalue weighted by Gasteiger charge is -2.13. The summed E-state index contributed by atoms with van der Waals surface area (Å²) in [4.78, 5) is 23.9. The van der Waals surface area contributed by atoms with Gasteiger partial charge >= 0.3 is 0 Å². The summed E-state index contributed by atoms with van der Waals surface area (Å²) in [5, 5.41) is 12.3. The second-order valence-electron chi connectivity index (χ2n) is 4.32. The Hall–Kier alpha value is -2.66. The van der Waals surface area contributed by atoms with Crippen LogP contribution in [0.1, 0.15) is 10.4 Å². The maximum Gasteiger partial charge on any atom is 0.261 e. The van der Waals surface area contributed by atoms with Gasteiger partial charge in [-0.05, 0) is 12.1 Å². The molecule has 0 saturated carbocycles. The van der Waals surface area contributed by atoms with E-state index < -0.39 is 17.8 Å². The van der Waals surface area contributed by atoms with Crippen molar-refractivity contribution in [2.24, 2.45) is 0 Å². The Morgan fingerprint density at radius 1 is 1.05 bits per heavy atom. The molecule has 2 rings (SSSR count). The van der Waals surface area contributed by atoms with Gasteiger partial charge in [0.1, 0.15) is 5.75 Å². The number of methoxy groups -OCH3 is 1. The third kappa shape index (κ3) is 3.46. The van der Waals surface area contributed by atoms with Crippen LogP contribution in [0.3, 0.4) is 0 Å². The lowest BCUT2D eigenvalue weighted by molar-refractivity contribution is -0.121. The van der Waals surface area contributed by atoms with Crippen LogP contribution in [-0.2, 0) is 4.79 Å². The van der Waals surface area contributed by atoms with Crippen molar-refractivity contribution in [2.45, 2.75) is 6.10 Å². The lowest BCUT2D eigenvalue weighted by Crippen LogP contribution is -2.35. The zero-order chi connectivity index (χ0) is 15.2. The minimum Gasteiger partial charge on any atom is -0.495 e. The minimum atomic E-state index is -1.77. The first-order chi connectivity index (χ1) is 10.1. The highest BCUT2D eigenvalue weighted by atomic mass is 16.5. The summed E-state index contributed by atoms with van der Waals surface area (Å²) in [6.45, 7) is 0. The van der Waals surface area contributed by atoms with Crippen LogP contribution in [0, 0.1) is 0 Å². The average molecular weight is 285 g/mol. The number of ether oxygens (including phenoxy) is 1. The van der Waals surface area contributed by atoms with E-state index in [0.717, 1.165) is 0 Å². The summed E-state index contributed by atoms with van der Waals surface area (Å²) in [5.74, 6) is -0.999. The van der Waals surface area contributed by atoms with Gasteiger partial charge in [0, 0.05) is 5.56 Å². The quantitative estimate of drug-likeness (QED) is 0.649. The van der Waals surface area contributed by atoms with Crippen LogP contribution in [0.4, 0.5) is 5.69 Å². The maximum absolute atomic E-state index is 12.0. The van der Waals surface area contributed by atoms with Crippen molar-refractivity contribution in [1.29, 1.82) is 0 Å². The number of hydrogen-bond acceptors (Lipinski definition) is 4. The minimum absolute atomic E-state index is 0.278. The van der Waals surface area contributed by atoms with Gasteiger partial charge in [-0.1, -0.05) is 42.5 Å². The average Bonchev–Trinajstić information content (AvgIpc) is 2.54. The standard InChI is InChI=1S/C16H15NO4/c1-21-13-10-6-5-9-12(13)17-16(20)15(19)14(18)11-7-3-2-4-8-11/h2-10,15,19H,1H3,(H,17,20). The molecule has 2 aromatic rings. The highest BCUT2D eigenvalue weighted by Crippen LogP contribution is 2.23. The van der Waals surface area contributed by atoms with Gasteiger partial charge in [-0.3, -0.25) is 9.59 Å². The molecule has 0 radical (unpaired) electrons. The van der Waals surface area contributed by atoms with Gasteiger partial charge in [-0.2, -0.15) is 0 Å². The highest BCUT2D eigenvalue weighted by Gasteiger charge is 2.25. The maximum atomic E-state index is 12.0. The van der Waals surface area contributed by atoms with Crippen LogP contribution < -0.4 is 10.1 Å². The van der Waals surface area contributed by atoms with E-state index in [4.69, 9.17) is 4.74 Å². The molecular weight excluding hydrogens is 270 g/mol. The van der Waals surface area contributed by atoms with Crippen molar-refractivity contribution < 1.29 is 19.4 Å². The first kappa shape index (κ1) is 14.7. The Morgan fingerprint density at radius 3 is 2.33 bits per heavy atom. The lowest BCUT2D eigenvalue weighted by atomic mass is 10.1. The molecule has 0 fully saturated rings. The zero-order valence-corrected chi connectivity index (χ0v) is 11.4. The van der Waals surface area contributed by atoms with E-state index in [-0.39, 0.29) is 5.56 Å². The van der Waals surface area contributed by atoms with E-state index in [1.54, 1.807) is 54.6 Å². The number of para-hydroxylation sites is 2. The third-order valence-electron chi connectivity index (χ3n) is 2.92. The van der Waals surface area contributed by atoms with Crippen molar-refractivity contribution in [3.63, 3.8) is 0 Å². The van der Waals surface area contributed by atoms with Gasteiger partial charge in [-0.15, -0.1) is 0 Å². The number of anilines is 1. The molecule has 0 aliphatic heterocycles. The van der Waals surface area contributed by atoms with Crippen LogP contribution in [0.15, 0.2) is 54.6 Å². The molecule has 0 aromatic heterocycles. The first-order valence-electron chi connectivity index (χ1n) is 6.34. The molecule has 0 heterocycles. The fraction of sp³-hybridized carbons (Fsp3) is 0.125. The number of hydrogen-bond donors (Lipinski definition) is 2. The Kier molecular flexibility index (Phi) is 4.68. The normalized spacial score (nSPS) is 11.5. The molecule has 0 saturated heterocycles. The Bertz CT molecular complexity index is 640. The molecule has 1 unspecified atom stereocenters. The van der Waals surface area contributed by atoms with Crippen molar-refractivity contribution in [2.75, 3.05) is 12.4 Å². The molecule has 0 bridgehead atoms. The van der Waals surface area contributed by atoms with Crippen LogP contribution in [0.2, 0.25) is 0 Å². The van der Waals surface area contributed by atoms with E-state index >= 15 is 0 Å². The van der Waals surface area contributed by atoms with Crippen molar-refractivity contribution in [3.8, 4) is 5.75 Å². The first-order valence-corrected chi connectivity index (χ1v) is 6.34. The summed E-state index contributed by atoms with van der Waals surface area (Å²) < 4.78 is 5.09. The zero-order valence-electron chi connectivity index (χ0n) is 11.4. The van der Waals surface area contributed by atoms with Crippen LogP contribution in [0.25, 0.3) is 0 Å². The van der Waals surface area contributed by atoms with Gasteiger partial charge < -0.3 is 15.2 Å². The Labute approximate surface area is 122 Å². The van der Waals surface area contributed by atoms with Gasteiger partial charge in [0.15, 0.2) is 6.10 Å². The van der Waals surface area contributed by atoms with Crippen molar-refractivity contribution in [3.05, 3.63) is 60.2 Å². The molecule has 5 heteroatoms. The van der Waals surface area contributed by atoms with Crippen LogP contribution in [0.5, 0.6) is 5.75 Å². The summed E-state index contributed by atoms with van der Waals surface area (Å²) in [6.07, 6.45) is -1.77. The fourth-order valence-corrected chi connectivity index (χ4v) is 1.83. The smallest absolute Gasteiger partial charge is 0.261 e. The molecule has 1 atom stereocenters. The van der Waals surface area contributed by atoms with Crippen LogP contribution in [-0.4, -0.2) is 30.0 Å². The predicted octanol–water partition coefficient (Wildman–Crippen LogP) is 1.88. The van der Waals surface area contributed by atoms with Gasteiger partial charge in [0.05, 0.1) is 12.8 Å². The number of amides is 1. The van der Waals surface area contributed by atoms with E-state index in [9.17, 15) is 14.7 Å². The predicted molar refractivity (Wildman–Crippen MR) is 78.4 cm³/mol. The van der Waals surface area contributed by atoms with Gasteiger partial charge in [0.2, 0.25) is 5.78 Å². The molecular formula is C16H15NO4. The Balaban J connectivity index is 2.11. The molecule has 108 valence electrons. The molecule has 1 amide bonds. The van der Waals surface area contributed by atoms with E-state index in [0.29, 0.717) is 11.4 Å². The molecule has 0 aliphatic carbocycles. The monoisotopic (exact) mass is 285 g/mol. The fourth-order valence-electron chi connectivity index (χ4n) is 1.83. The molecule has 0 spiro atoms. The number of benzene rings is 2. The van der Waals surface area contributed by atoms with E-state index in [1.165, 1.54) is 7.11 Å². The highest BCUT2D eigenvalue weighted by molar-refractivity contribution is 6.16. The van der Waals surface area contributed by atoms with Crippen LogP contribution >= 0.6 is 0 Å². The number of aliphatic hydroxyl groups excluding tert-OH is 1. The summed E-state index contributed by atoms with van der Waals surface area (Å²) in [6, 6.07) is 14.9. The molecule has 2 N–H and O–H groups in total. The van der Waals surface area contributed by atoms with Crippen molar-refractivity contribution >= 4 is 17.4 Å². The molecule has 0 aliphatic rings. The number of carbonyl (C=O) groups excluding carboxylic acids is 2. The van der Waals surface area contributed by atoms with Gasteiger partial charge in [-0.25, -0.2) is 0 Å². The molecule has 5 nitrogen and oxygen atoms in total. The molecule has 2 aromatic carbocycles. The number of aliphatic hydroxyl groups is 1. The number of ketones is 1. The topological polar surface area (TPSA) is 75.6 Å². The van der Waals surface area contributed by atoms with Gasteiger partial charge in [0.25, 0.3) is 5.91 Å². The second-order valence-corrected chi connectivity index (χ2v) is 4.32. The number of Topliss-reactive ketones (excluding diaryl/α,β-unsaturated/α-hetero) is 1. The van der Waals surface area contributed by atoms with E-state index in [1.807, 2.05) is 0 Å². The number of rotatable bonds is 5. The molecule has 21 heavy (non-hydrogen) atoms. The van der Waals surface area contributed by atoms with Crippen molar-refractivity contribution in [1.82, 2.24) is 0 Å².